The Balaban J connectivity index is 1.33. The van der Waals surface area contributed by atoms with Gasteiger partial charge in [0, 0.05) is 31.6 Å². The van der Waals surface area contributed by atoms with Crippen molar-refractivity contribution < 1.29 is 24.2 Å². The monoisotopic (exact) mass is 569 g/mol. The second-order valence-electron chi connectivity index (χ2n) is 11.4. The molecule has 0 spiro atoms. The molecule has 1 saturated heterocycles. The molecule has 2 aliphatic rings. The maximum Gasteiger partial charge on any atom is 0.408 e. The second kappa shape index (κ2) is 12.8. The fourth-order valence-electron chi connectivity index (χ4n) is 6.23. The van der Waals surface area contributed by atoms with Crippen LogP contribution in [0.25, 0.3) is 11.1 Å². The third-order valence-corrected chi connectivity index (χ3v) is 8.74. The van der Waals surface area contributed by atoms with Crippen LogP contribution in [0.5, 0.6) is 0 Å². The molecule has 2 N–H and O–H groups in total. The summed E-state index contributed by atoms with van der Waals surface area (Å²) in [7, 11) is 0. The fourth-order valence-corrected chi connectivity index (χ4v) is 6.23. The van der Waals surface area contributed by atoms with Crippen LogP contribution in [0.3, 0.4) is 0 Å². The summed E-state index contributed by atoms with van der Waals surface area (Å²) >= 11 is 0. The van der Waals surface area contributed by atoms with Gasteiger partial charge in [-0.3, -0.25) is 14.5 Å². The third kappa shape index (κ3) is 6.19. The number of likely N-dealkylation sites (tertiary alicyclic amines) is 1. The molecule has 3 aromatic carbocycles. The van der Waals surface area contributed by atoms with E-state index in [2.05, 4.69) is 46.6 Å². The molecule has 1 unspecified atom stereocenters. The van der Waals surface area contributed by atoms with E-state index >= 15 is 0 Å². The first-order valence-corrected chi connectivity index (χ1v) is 14.7. The predicted octanol–water partition coefficient (Wildman–Crippen LogP) is 5.27. The molecular formula is C34H39N3O5. The fraction of sp³-hybridized carbons (Fsp3) is 0.382. The smallest absolute Gasteiger partial charge is 0.408 e. The van der Waals surface area contributed by atoms with Crippen molar-refractivity contribution >= 4 is 18.0 Å². The molecule has 8 heteroatoms. The van der Waals surface area contributed by atoms with Gasteiger partial charge in [-0.1, -0.05) is 85.8 Å². The zero-order valence-electron chi connectivity index (χ0n) is 24.3. The van der Waals surface area contributed by atoms with Crippen LogP contribution in [0.4, 0.5) is 4.79 Å². The molecule has 42 heavy (non-hydrogen) atoms. The van der Waals surface area contributed by atoms with Crippen LogP contribution >= 0.6 is 0 Å². The minimum atomic E-state index is -1.26. The highest BCUT2D eigenvalue weighted by atomic mass is 16.5. The Morgan fingerprint density at radius 2 is 1.52 bits per heavy atom. The molecule has 1 fully saturated rings. The van der Waals surface area contributed by atoms with Gasteiger partial charge < -0.3 is 20.1 Å². The van der Waals surface area contributed by atoms with E-state index in [1.807, 2.05) is 56.3 Å². The number of ether oxygens (including phenoxy) is 1. The number of nitrogens with zero attached hydrogens (tertiary/aromatic N) is 2. The zero-order valence-corrected chi connectivity index (χ0v) is 24.3. The van der Waals surface area contributed by atoms with Gasteiger partial charge in [-0.2, -0.15) is 0 Å². The topological polar surface area (TPSA) is 99.2 Å². The van der Waals surface area contributed by atoms with Crippen LogP contribution in [-0.2, 0) is 20.9 Å². The molecule has 3 aromatic rings. The minimum absolute atomic E-state index is 0.105. The van der Waals surface area contributed by atoms with Gasteiger partial charge >= 0.3 is 12.1 Å². The zero-order chi connectivity index (χ0) is 29.7. The van der Waals surface area contributed by atoms with E-state index in [1.165, 1.54) is 10.5 Å². The highest BCUT2D eigenvalue weighted by Gasteiger charge is 2.46. The SMILES string of the molecule is CCC(C)N(CC(=O)O)C(=O)C1(NC(=O)OCC2c3ccccc3-c3ccccc32)CCN(Cc2ccccc2)CC1. The second-order valence-corrected chi connectivity index (χ2v) is 11.4. The Hall–Kier alpha value is -4.17. The van der Waals surface area contributed by atoms with Crippen LogP contribution in [0.2, 0.25) is 0 Å². The standard InChI is InChI=1S/C34H39N3O5/c1-3-24(2)37(22-31(38)39)32(40)34(17-19-36(20-18-34)21-25-11-5-4-6-12-25)35-33(41)42-23-30-28-15-9-7-13-26(28)27-14-8-10-16-29(27)30/h4-16,24,30H,3,17-23H2,1-2H3,(H,35,41)(H,38,39). The van der Waals surface area contributed by atoms with E-state index in [1.54, 1.807) is 0 Å². The number of fused-ring (bicyclic) bond motifs is 3. The number of alkyl carbamates (subject to hydrolysis) is 1. The molecule has 220 valence electrons. The number of carbonyl (C=O) groups excluding carboxylic acids is 2. The molecule has 2 amide bonds. The molecule has 1 aliphatic carbocycles. The molecule has 5 rings (SSSR count). The summed E-state index contributed by atoms with van der Waals surface area (Å²) < 4.78 is 5.84. The third-order valence-electron chi connectivity index (χ3n) is 8.74. The van der Waals surface area contributed by atoms with Crippen molar-refractivity contribution in [2.45, 2.75) is 57.2 Å². The Bertz CT molecular complexity index is 1370. The summed E-state index contributed by atoms with van der Waals surface area (Å²) in [6.07, 6.45) is 0.645. The summed E-state index contributed by atoms with van der Waals surface area (Å²) in [5.41, 5.74) is 4.41. The molecule has 1 atom stereocenters. The average Bonchev–Trinajstić information content (AvgIpc) is 3.33. The summed E-state index contributed by atoms with van der Waals surface area (Å²) in [4.78, 5) is 42.9. The average molecular weight is 570 g/mol. The van der Waals surface area contributed by atoms with Crippen LogP contribution in [0.1, 0.15) is 55.7 Å². The number of rotatable bonds is 10. The lowest BCUT2D eigenvalue weighted by Crippen LogP contribution is -2.65. The van der Waals surface area contributed by atoms with Crippen molar-refractivity contribution in [3.05, 3.63) is 95.6 Å². The highest BCUT2D eigenvalue weighted by Crippen LogP contribution is 2.44. The van der Waals surface area contributed by atoms with E-state index in [0.717, 1.165) is 28.8 Å². The van der Waals surface area contributed by atoms with Crippen LogP contribution in [-0.4, -0.2) is 70.7 Å². The van der Waals surface area contributed by atoms with E-state index in [0.29, 0.717) is 32.4 Å². The summed E-state index contributed by atoms with van der Waals surface area (Å²) in [6.45, 7) is 5.36. The van der Waals surface area contributed by atoms with E-state index in [-0.39, 0.29) is 24.5 Å². The van der Waals surface area contributed by atoms with Gasteiger partial charge in [-0.05, 0) is 54.0 Å². The summed E-state index contributed by atoms with van der Waals surface area (Å²) in [5.74, 6) is -1.56. The van der Waals surface area contributed by atoms with Gasteiger partial charge in [-0.15, -0.1) is 0 Å². The Labute approximate surface area is 247 Å². The molecule has 0 radical (unpaired) electrons. The normalized spacial score (nSPS) is 16.6. The lowest BCUT2D eigenvalue weighted by molar-refractivity contribution is -0.151. The molecule has 1 heterocycles. The molecule has 0 aromatic heterocycles. The number of aliphatic carboxylic acids is 1. The van der Waals surface area contributed by atoms with Gasteiger partial charge in [-0.25, -0.2) is 4.79 Å². The van der Waals surface area contributed by atoms with Gasteiger partial charge in [0.1, 0.15) is 18.7 Å². The van der Waals surface area contributed by atoms with Crippen molar-refractivity contribution in [1.82, 2.24) is 15.1 Å². The maximum absolute atomic E-state index is 14.1. The highest BCUT2D eigenvalue weighted by molar-refractivity contribution is 5.92. The number of hydrogen-bond acceptors (Lipinski definition) is 5. The number of nitrogens with one attached hydrogen (secondary N) is 1. The van der Waals surface area contributed by atoms with E-state index < -0.39 is 24.1 Å². The first-order chi connectivity index (χ1) is 20.3. The molecule has 8 nitrogen and oxygen atoms in total. The number of carbonyl (C=O) groups is 3. The molecule has 0 bridgehead atoms. The maximum atomic E-state index is 14.1. The Kier molecular flexibility index (Phi) is 8.92. The number of amides is 2. The van der Waals surface area contributed by atoms with E-state index in [9.17, 15) is 19.5 Å². The predicted molar refractivity (Wildman–Crippen MR) is 161 cm³/mol. The van der Waals surface area contributed by atoms with Gasteiger partial charge in [0.15, 0.2) is 0 Å². The van der Waals surface area contributed by atoms with Gasteiger partial charge in [0.2, 0.25) is 5.91 Å². The Morgan fingerprint density at radius 3 is 2.10 bits per heavy atom. The quantitative estimate of drug-likeness (QED) is 0.345. The first kappa shape index (κ1) is 29.3. The lowest BCUT2D eigenvalue weighted by atomic mass is 9.85. The lowest BCUT2D eigenvalue weighted by Gasteiger charge is -2.44. The molecule has 0 saturated carbocycles. The van der Waals surface area contributed by atoms with Crippen molar-refractivity contribution in [1.29, 1.82) is 0 Å². The van der Waals surface area contributed by atoms with Crippen molar-refractivity contribution in [2.75, 3.05) is 26.2 Å². The number of carboxylic acid groups (broad SMARTS) is 1. The largest absolute Gasteiger partial charge is 0.480 e. The number of benzene rings is 3. The van der Waals surface area contributed by atoms with Crippen molar-refractivity contribution in [3.63, 3.8) is 0 Å². The number of hydrogen-bond donors (Lipinski definition) is 2. The minimum Gasteiger partial charge on any atom is -0.480 e. The van der Waals surface area contributed by atoms with Gasteiger partial charge in [0.25, 0.3) is 0 Å². The molecular weight excluding hydrogens is 530 g/mol. The number of piperidine rings is 1. The first-order valence-electron chi connectivity index (χ1n) is 14.7. The molecule has 1 aliphatic heterocycles. The van der Waals surface area contributed by atoms with Crippen molar-refractivity contribution in [3.8, 4) is 11.1 Å². The Morgan fingerprint density at radius 1 is 0.952 bits per heavy atom. The van der Waals surface area contributed by atoms with Crippen LogP contribution < -0.4 is 5.32 Å². The van der Waals surface area contributed by atoms with E-state index in [4.69, 9.17) is 4.74 Å². The summed E-state index contributed by atoms with van der Waals surface area (Å²) in [6, 6.07) is 26.1. The van der Waals surface area contributed by atoms with Crippen LogP contribution in [0, 0.1) is 0 Å². The van der Waals surface area contributed by atoms with Crippen molar-refractivity contribution in [2.24, 2.45) is 0 Å². The number of carboxylic acids is 1. The van der Waals surface area contributed by atoms with Crippen LogP contribution in [0.15, 0.2) is 78.9 Å². The van der Waals surface area contributed by atoms with Gasteiger partial charge in [0.05, 0.1) is 0 Å². The summed E-state index contributed by atoms with van der Waals surface area (Å²) in [5, 5.41) is 12.5.